The number of likely N-dealkylation sites (tertiary alicyclic amines) is 1. The normalized spacial score (nSPS) is 21.6. The number of carbonyl (C=O) groups is 2. The van der Waals surface area contributed by atoms with Crippen LogP contribution >= 0.6 is 0 Å². The molecule has 1 aromatic carbocycles. The van der Waals surface area contributed by atoms with Gasteiger partial charge in [-0.25, -0.2) is 0 Å². The van der Waals surface area contributed by atoms with Gasteiger partial charge in [-0.1, -0.05) is 57.4 Å². The zero-order valence-corrected chi connectivity index (χ0v) is 21.1. The topological polar surface area (TPSA) is 138 Å². The minimum absolute atomic E-state index is 0.0322. The summed E-state index contributed by atoms with van der Waals surface area (Å²) in [5, 5.41) is 33.5. The van der Waals surface area contributed by atoms with Crippen LogP contribution in [0.2, 0.25) is 0 Å². The number of carbonyl (C=O) groups excluding carboxylic acids is 2. The Kier molecular flexibility index (Phi) is 7.59. The van der Waals surface area contributed by atoms with Crippen molar-refractivity contribution in [3.05, 3.63) is 41.7 Å². The molecule has 192 valence electrons. The minimum Gasteiger partial charge on any atom is -0.391 e. The Labute approximate surface area is 211 Å². The lowest BCUT2D eigenvalue weighted by atomic mass is 9.87. The SMILES string of the molecule is CC(C)(C)c1ccc(N(C(=O)[C@H]2C[C@@H](O)CN2C#N)C(C(=O)NC2CCCCC2)c2c[nH]nn2)cc1. The van der Waals surface area contributed by atoms with Crippen molar-refractivity contribution < 1.29 is 14.7 Å². The first-order valence-electron chi connectivity index (χ1n) is 12.6. The van der Waals surface area contributed by atoms with E-state index < -0.39 is 24.1 Å². The van der Waals surface area contributed by atoms with Gasteiger partial charge in [-0.2, -0.15) is 5.26 Å². The van der Waals surface area contributed by atoms with Gasteiger partial charge in [0.15, 0.2) is 12.2 Å². The van der Waals surface area contributed by atoms with Crippen molar-refractivity contribution >= 4 is 17.5 Å². The number of benzene rings is 1. The van der Waals surface area contributed by atoms with Gasteiger partial charge in [-0.3, -0.25) is 24.5 Å². The first kappa shape index (κ1) is 25.6. The summed E-state index contributed by atoms with van der Waals surface area (Å²) < 4.78 is 0. The lowest BCUT2D eigenvalue weighted by Gasteiger charge is -2.34. The summed E-state index contributed by atoms with van der Waals surface area (Å²) in [6.45, 7) is 6.38. The third kappa shape index (κ3) is 5.51. The molecular formula is C26H35N7O3. The van der Waals surface area contributed by atoms with Crippen LogP contribution in [0.25, 0.3) is 0 Å². The maximum absolute atomic E-state index is 14.1. The number of hydrogen-bond donors (Lipinski definition) is 3. The Hall–Kier alpha value is -3.45. The molecule has 10 heteroatoms. The summed E-state index contributed by atoms with van der Waals surface area (Å²) in [5.41, 5.74) is 1.81. The molecule has 10 nitrogen and oxygen atoms in total. The van der Waals surface area contributed by atoms with Crippen molar-refractivity contribution in [1.29, 1.82) is 5.26 Å². The fourth-order valence-corrected chi connectivity index (χ4v) is 5.10. The first-order chi connectivity index (χ1) is 17.2. The molecule has 1 aliphatic heterocycles. The van der Waals surface area contributed by atoms with Crippen molar-refractivity contribution in [2.24, 2.45) is 0 Å². The Bertz CT molecular complexity index is 1080. The first-order valence-corrected chi connectivity index (χ1v) is 12.6. The number of rotatable bonds is 6. The molecule has 1 saturated carbocycles. The molecule has 3 N–H and O–H groups in total. The molecule has 1 saturated heterocycles. The number of nitrogens with one attached hydrogen (secondary N) is 2. The molecule has 1 aliphatic carbocycles. The number of aromatic nitrogens is 3. The van der Waals surface area contributed by atoms with Crippen LogP contribution in [0.1, 0.15) is 76.6 Å². The number of β-amino-alcohol motifs (C(OH)–C–C–N with tert-alkyl or cyclic N) is 1. The van der Waals surface area contributed by atoms with Crippen LogP contribution in [0.15, 0.2) is 30.5 Å². The van der Waals surface area contributed by atoms with Gasteiger partial charge in [-0.05, 0) is 36.0 Å². The smallest absolute Gasteiger partial charge is 0.251 e. The van der Waals surface area contributed by atoms with E-state index in [0.29, 0.717) is 11.4 Å². The second-order valence-electron chi connectivity index (χ2n) is 10.8. The summed E-state index contributed by atoms with van der Waals surface area (Å²) in [7, 11) is 0. The number of aliphatic hydroxyl groups is 1. The third-order valence-corrected chi connectivity index (χ3v) is 7.12. The number of aliphatic hydroxyl groups excluding tert-OH is 1. The van der Waals surface area contributed by atoms with E-state index >= 15 is 0 Å². The fourth-order valence-electron chi connectivity index (χ4n) is 5.10. The zero-order valence-electron chi connectivity index (χ0n) is 21.1. The van der Waals surface area contributed by atoms with Crippen LogP contribution in [0, 0.1) is 11.5 Å². The number of nitrogens with zero attached hydrogens (tertiary/aromatic N) is 5. The van der Waals surface area contributed by atoms with Crippen LogP contribution in [0.5, 0.6) is 0 Å². The van der Waals surface area contributed by atoms with E-state index in [0.717, 1.165) is 37.7 Å². The quantitative estimate of drug-likeness (QED) is 0.526. The number of hydrogen-bond acceptors (Lipinski definition) is 7. The monoisotopic (exact) mass is 493 g/mol. The molecule has 0 spiro atoms. The lowest BCUT2D eigenvalue weighted by molar-refractivity contribution is -0.128. The molecule has 2 aliphatic rings. The van der Waals surface area contributed by atoms with Crippen molar-refractivity contribution in [2.75, 3.05) is 11.4 Å². The molecule has 1 unspecified atom stereocenters. The molecule has 2 amide bonds. The molecule has 4 rings (SSSR count). The van der Waals surface area contributed by atoms with Gasteiger partial charge in [0.05, 0.1) is 12.6 Å². The van der Waals surface area contributed by atoms with E-state index in [2.05, 4.69) is 41.5 Å². The molecule has 2 fully saturated rings. The minimum atomic E-state index is -1.09. The van der Waals surface area contributed by atoms with Crippen LogP contribution in [0.4, 0.5) is 5.69 Å². The molecule has 0 radical (unpaired) electrons. The number of amides is 2. The number of H-pyrrole nitrogens is 1. The highest BCUT2D eigenvalue weighted by Gasteiger charge is 2.43. The predicted molar refractivity (Wildman–Crippen MR) is 133 cm³/mol. The van der Waals surface area contributed by atoms with E-state index in [-0.39, 0.29) is 30.3 Å². The summed E-state index contributed by atoms with van der Waals surface area (Å²) in [6, 6.07) is 5.59. The zero-order chi connectivity index (χ0) is 25.9. The molecule has 2 heterocycles. The lowest BCUT2D eigenvalue weighted by Crippen LogP contribution is -2.51. The number of anilines is 1. The fraction of sp³-hybridized carbons (Fsp3) is 0.577. The largest absolute Gasteiger partial charge is 0.391 e. The number of nitriles is 1. The molecule has 0 bridgehead atoms. The van der Waals surface area contributed by atoms with Crippen molar-refractivity contribution in [3.8, 4) is 6.19 Å². The molecule has 3 atom stereocenters. The third-order valence-electron chi connectivity index (χ3n) is 7.12. The predicted octanol–water partition coefficient (Wildman–Crippen LogP) is 2.54. The molecule has 1 aromatic heterocycles. The Morgan fingerprint density at radius 3 is 2.50 bits per heavy atom. The highest BCUT2D eigenvalue weighted by molar-refractivity contribution is 6.03. The Balaban J connectivity index is 1.75. The van der Waals surface area contributed by atoms with E-state index in [1.54, 1.807) is 0 Å². The van der Waals surface area contributed by atoms with Gasteiger partial charge in [0.2, 0.25) is 5.91 Å². The van der Waals surface area contributed by atoms with Crippen molar-refractivity contribution in [3.63, 3.8) is 0 Å². The van der Waals surface area contributed by atoms with Gasteiger partial charge in [-0.15, -0.1) is 5.10 Å². The van der Waals surface area contributed by atoms with Gasteiger partial charge in [0.25, 0.3) is 5.91 Å². The average molecular weight is 494 g/mol. The highest BCUT2D eigenvalue weighted by atomic mass is 16.3. The van der Waals surface area contributed by atoms with Gasteiger partial charge < -0.3 is 10.4 Å². The van der Waals surface area contributed by atoms with Gasteiger partial charge in [0.1, 0.15) is 11.7 Å². The Morgan fingerprint density at radius 1 is 1.22 bits per heavy atom. The van der Waals surface area contributed by atoms with Gasteiger partial charge >= 0.3 is 0 Å². The second-order valence-corrected chi connectivity index (χ2v) is 10.8. The van der Waals surface area contributed by atoms with Crippen molar-refractivity contribution in [2.45, 2.75) is 88.9 Å². The molecular weight excluding hydrogens is 458 g/mol. The van der Waals surface area contributed by atoms with Crippen molar-refractivity contribution in [1.82, 2.24) is 25.6 Å². The van der Waals surface area contributed by atoms with E-state index in [9.17, 15) is 20.0 Å². The van der Waals surface area contributed by atoms with Crippen LogP contribution < -0.4 is 10.2 Å². The van der Waals surface area contributed by atoms with Crippen LogP contribution in [-0.4, -0.2) is 62.0 Å². The standard InChI is InChI=1S/C26H35N7O3/c1-26(2,3)17-9-11-19(12-10-17)33(25(36)22-13-20(34)15-32(22)16-27)23(21-14-28-31-30-21)24(35)29-18-7-5-4-6-8-18/h9-12,14,18,20,22-23,34H,4-8,13,15H2,1-3H3,(H,29,35)(H,28,30,31)/t20-,22-,23?/m1/s1. The molecule has 2 aromatic rings. The summed E-state index contributed by atoms with van der Waals surface area (Å²) >= 11 is 0. The van der Waals surface area contributed by atoms with Crippen LogP contribution in [0.3, 0.4) is 0 Å². The van der Waals surface area contributed by atoms with Crippen LogP contribution in [-0.2, 0) is 15.0 Å². The van der Waals surface area contributed by atoms with E-state index in [4.69, 9.17) is 0 Å². The van der Waals surface area contributed by atoms with Gasteiger partial charge in [0, 0.05) is 24.3 Å². The maximum Gasteiger partial charge on any atom is 0.251 e. The highest BCUT2D eigenvalue weighted by Crippen LogP contribution is 2.33. The summed E-state index contributed by atoms with van der Waals surface area (Å²) in [6.07, 6.45) is 7.88. The maximum atomic E-state index is 14.1. The summed E-state index contributed by atoms with van der Waals surface area (Å²) in [5.74, 6) is -0.783. The number of aromatic amines is 1. The summed E-state index contributed by atoms with van der Waals surface area (Å²) in [4.78, 5) is 30.5. The molecule has 36 heavy (non-hydrogen) atoms. The second kappa shape index (κ2) is 10.7. The van der Waals surface area contributed by atoms with E-state index in [1.165, 1.54) is 16.0 Å². The Morgan fingerprint density at radius 2 is 1.92 bits per heavy atom. The average Bonchev–Trinajstić information content (AvgIpc) is 3.52. The van der Waals surface area contributed by atoms with E-state index in [1.807, 2.05) is 30.5 Å².